The first kappa shape index (κ1) is 21.7. The van der Waals surface area contributed by atoms with Gasteiger partial charge in [0.2, 0.25) is 11.8 Å². The van der Waals surface area contributed by atoms with Gasteiger partial charge in [-0.1, -0.05) is 29.8 Å². The summed E-state index contributed by atoms with van der Waals surface area (Å²) in [5.41, 5.74) is 1.91. The van der Waals surface area contributed by atoms with Gasteiger partial charge in [0.1, 0.15) is 5.69 Å². The Balaban J connectivity index is 1.57. The molecule has 0 aliphatic heterocycles. The van der Waals surface area contributed by atoms with Gasteiger partial charge in [-0.15, -0.1) is 11.8 Å². The van der Waals surface area contributed by atoms with Crippen LogP contribution in [0.15, 0.2) is 59.4 Å². The Hall–Kier alpha value is -2.97. The third-order valence-corrected chi connectivity index (χ3v) is 5.60. The number of hydrogen-bond donors (Lipinski definition) is 2. The molecule has 0 radical (unpaired) electrons. The van der Waals surface area contributed by atoms with Crippen molar-refractivity contribution in [1.82, 2.24) is 9.36 Å². The molecule has 2 amide bonds. The van der Waals surface area contributed by atoms with E-state index in [2.05, 4.69) is 10.6 Å². The minimum atomic E-state index is -0.342. The molecule has 3 rings (SSSR count). The zero-order valence-corrected chi connectivity index (χ0v) is 18.1. The fourth-order valence-corrected chi connectivity index (χ4v) is 3.60. The van der Waals surface area contributed by atoms with Crippen molar-refractivity contribution in [2.24, 2.45) is 7.05 Å². The number of benzene rings is 2. The van der Waals surface area contributed by atoms with Crippen molar-refractivity contribution in [2.45, 2.75) is 6.92 Å². The predicted octanol–water partition coefficient (Wildman–Crippen LogP) is 3.45. The Bertz CT molecular complexity index is 1110. The molecule has 0 fully saturated rings. The van der Waals surface area contributed by atoms with E-state index >= 15 is 0 Å². The van der Waals surface area contributed by atoms with Gasteiger partial charge in [-0.05, 0) is 43.3 Å². The highest BCUT2D eigenvalue weighted by Crippen LogP contribution is 2.16. The summed E-state index contributed by atoms with van der Waals surface area (Å²) in [5, 5.41) is 6.00. The SMILES string of the molecule is Cc1c(NC(=O)CSCC(=O)Nc2ccc(Cl)cc2)c(=O)n(-c2ccccc2)n1C. The first-order valence-electron chi connectivity index (χ1n) is 9.14. The minimum Gasteiger partial charge on any atom is -0.325 e. The molecule has 156 valence electrons. The maximum Gasteiger partial charge on any atom is 0.295 e. The van der Waals surface area contributed by atoms with Crippen molar-refractivity contribution in [3.8, 4) is 5.69 Å². The highest BCUT2D eigenvalue weighted by Gasteiger charge is 2.18. The van der Waals surface area contributed by atoms with Crippen LogP contribution in [0.1, 0.15) is 5.69 Å². The number of carbonyl (C=O) groups excluding carboxylic acids is 2. The van der Waals surface area contributed by atoms with Gasteiger partial charge in [-0.3, -0.25) is 19.1 Å². The summed E-state index contributed by atoms with van der Waals surface area (Å²) in [6.07, 6.45) is 0. The van der Waals surface area contributed by atoms with Gasteiger partial charge in [0.05, 0.1) is 22.9 Å². The van der Waals surface area contributed by atoms with Crippen LogP contribution < -0.4 is 16.2 Å². The number of nitrogens with one attached hydrogen (secondary N) is 2. The topological polar surface area (TPSA) is 85.1 Å². The molecule has 2 aromatic carbocycles. The van der Waals surface area contributed by atoms with Crippen LogP contribution in [0.25, 0.3) is 5.69 Å². The van der Waals surface area contributed by atoms with Crippen LogP contribution in [0, 0.1) is 6.92 Å². The van der Waals surface area contributed by atoms with Gasteiger partial charge in [-0.2, -0.15) is 0 Å². The Labute approximate surface area is 183 Å². The van der Waals surface area contributed by atoms with Gasteiger partial charge >= 0.3 is 0 Å². The quantitative estimate of drug-likeness (QED) is 0.584. The van der Waals surface area contributed by atoms with Crippen molar-refractivity contribution in [3.05, 3.63) is 75.7 Å². The molecular formula is C21H21ClN4O3S. The van der Waals surface area contributed by atoms with E-state index in [9.17, 15) is 14.4 Å². The number of nitrogens with zero attached hydrogens (tertiary/aromatic N) is 2. The van der Waals surface area contributed by atoms with Gasteiger partial charge in [0.25, 0.3) is 5.56 Å². The highest BCUT2D eigenvalue weighted by atomic mass is 35.5. The smallest absolute Gasteiger partial charge is 0.295 e. The molecule has 2 N–H and O–H groups in total. The average molecular weight is 445 g/mol. The maximum atomic E-state index is 12.8. The number of hydrogen-bond acceptors (Lipinski definition) is 4. The maximum absolute atomic E-state index is 12.8. The van der Waals surface area contributed by atoms with Crippen LogP contribution in [-0.4, -0.2) is 32.7 Å². The van der Waals surface area contributed by atoms with E-state index in [-0.39, 0.29) is 34.6 Å². The Morgan fingerprint density at radius 3 is 2.20 bits per heavy atom. The molecule has 0 saturated carbocycles. The first-order valence-corrected chi connectivity index (χ1v) is 10.7. The Morgan fingerprint density at radius 2 is 1.57 bits per heavy atom. The molecule has 9 heteroatoms. The molecule has 3 aromatic rings. The lowest BCUT2D eigenvalue weighted by Gasteiger charge is -2.07. The molecule has 1 aromatic heterocycles. The van der Waals surface area contributed by atoms with Crippen LogP contribution in [0.3, 0.4) is 0 Å². The third-order valence-electron chi connectivity index (χ3n) is 4.41. The lowest BCUT2D eigenvalue weighted by molar-refractivity contribution is -0.114. The minimum absolute atomic E-state index is 0.0488. The monoisotopic (exact) mass is 444 g/mol. The van der Waals surface area contributed by atoms with E-state index in [1.54, 1.807) is 42.9 Å². The predicted molar refractivity (Wildman–Crippen MR) is 122 cm³/mol. The number of rotatable bonds is 7. The fourth-order valence-electron chi connectivity index (χ4n) is 2.85. The van der Waals surface area contributed by atoms with Crippen molar-refractivity contribution >= 4 is 46.6 Å². The van der Waals surface area contributed by atoms with Crippen LogP contribution in [0.5, 0.6) is 0 Å². The molecule has 0 unspecified atom stereocenters. The lowest BCUT2D eigenvalue weighted by Crippen LogP contribution is -2.24. The number of anilines is 2. The number of amides is 2. The molecule has 1 heterocycles. The number of carbonyl (C=O) groups is 2. The van der Waals surface area contributed by atoms with Crippen LogP contribution in [-0.2, 0) is 16.6 Å². The zero-order valence-electron chi connectivity index (χ0n) is 16.5. The number of para-hydroxylation sites is 1. The molecule has 7 nitrogen and oxygen atoms in total. The van der Waals surface area contributed by atoms with E-state index in [0.29, 0.717) is 22.1 Å². The molecule has 0 aliphatic rings. The fraction of sp³-hybridized carbons (Fsp3) is 0.190. The molecule has 0 aliphatic carbocycles. The third kappa shape index (κ3) is 5.14. The largest absolute Gasteiger partial charge is 0.325 e. The second-order valence-corrected chi connectivity index (χ2v) is 7.95. The summed E-state index contributed by atoms with van der Waals surface area (Å²) in [4.78, 5) is 37.1. The Morgan fingerprint density at radius 1 is 0.967 bits per heavy atom. The van der Waals surface area contributed by atoms with E-state index in [4.69, 9.17) is 11.6 Å². The van der Waals surface area contributed by atoms with Crippen LogP contribution in [0.4, 0.5) is 11.4 Å². The molecular weight excluding hydrogens is 424 g/mol. The highest BCUT2D eigenvalue weighted by molar-refractivity contribution is 8.00. The normalized spacial score (nSPS) is 10.6. The van der Waals surface area contributed by atoms with Crippen molar-refractivity contribution in [1.29, 1.82) is 0 Å². The number of aromatic nitrogens is 2. The molecule has 30 heavy (non-hydrogen) atoms. The second kappa shape index (κ2) is 9.69. The number of halogens is 1. The van der Waals surface area contributed by atoms with Gasteiger partial charge in [0, 0.05) is 17.8 Å². The van der Waals surface area contributed by atoms with Gasteiger partial charge < -0.3 is 10.6 Å². The standard InChI is InChI=1S/C21H21ClN4O3S/c1-14-20(21(29)26(25(14)2)17-6-4-3-5-7-17)24-19(28)13-30-12-18(27)23-16-10-8-15(22)9-11-16/h3-11H,12-13H2,1-2H3,(H,23,27)(H,24,28). The zero-order chi connectivity index (χ0) is 21.7. The first-order chi connectivity index (χ1) is 14.4. The summed E-state index contributed by atoms with van der Waals surface area (Å²) in [5.74, 6) is -0.409. The average Bonchev–Trinajstić information content (AvgIpc) is 2.93. The van der Waals surface area contributed by atoms with Crippen molar-refractivity contribution in [3.63, 3.8) is 0 Å². The van der Waals surface area contributed by atoms with Crippen molar-refractivity contribution < 1.29 is 9.59 Å². The van der Waals surface area contributed by atoms with Gasteiger partial charge in [-0.25, -0.2) is 4.68 Å². The second-order valence-electron chi connectivity index (χ2n) is 6.53. The summed E-state index contributed by atoms with van der Waals surface area (Å²) in [6, 6.07) is 16.0. The van der Waals surface area contributed by atoms with E-state index in [1.807, 2.05) is 30.3 Å². The molecule has 0 saturated heterocycles. The summed E-state index contributed by atoms with van der Waals surface area (Å²) >= 11 is 6.98. The van der Waals surface area contributed by atoms with Crippen LogP contribution >= 0.6 is 23.4 Å². The molecule has 0 atom stereocenters. The van der Waals surface area contributed by atoms with E-state index in [0.717, 1.165) is 11.8 Å². The number of thioether (sulfide) groups is 1. The van der Waals surface area contributed by atoms with Gasteiger partial charge in [0.15, 0.2) is 0 Å². The summed E-state index contributed by atoms with van der Waals surface area (Å²) < 4.78 is 3.19. The van der Waals surface area contributed by atoms with Crippen LogP contribution in [0.2, 0.25) is 5.02 Å². The summed E-state index contributed by atoms with van der Waals surface area (Å²) in [7, 11) is 1.76. The summed E-state index contributed by atoms with van der Waals surface area (Å²) in [6.45, 7) is 1.77. The lowest BCUT2D eigenvalue weighted by atomic mass is 10.3. The van der Waals surface area contributed by atoms with E-state index < -0.39 is 0 Å². The Kier molecular flexibility index (Phi) is 7.02. The molecule has 0 spiro atoms. The molecule has 0 bridgehead atoms. The van der Waals surface area contributed by atoms with E-state index in [1.165, 1.54) is 4.68 Å². The van der Waals surface area contributed by atoms with Crippen molar-refractivity contribution in [2.75, 3.05) is 22.1 Å².